The zero-order valence-electron chi connectivity index (χ0n) is 15.6. The average Bonchev–Trinajstić information content (AvgIpc) is 3.10. The molecule has 1 unspecified atom stereocenters. The summed E-state index contributed by atoms with van der Waals surface area (Å²) in [6.07, 6.45) is 6.36. The summed E-state index contributed by atoms with van der Waals surface area (Å²) >= 11 is 0. The molecule has 2 aromatic heterocycles. The molecule has 26 heavy (non-hydrogen) atoms. The van der Waals surface area contributed by atoms with Gasteiger partial charge in [0.25, 0.3) is 0 Å². The minimum atomic E-state index is -0.00249. The van der Waals surface area contributed by atoms with Crippen LogP contribution in [0.25, 0.3) is 5.65 Å². The first-order valence-corrected chi connectivity index (χ1v) is 9.49. The molecule has 3 aromatic rings. The highest BCUT2D eigenvalue weighted by Gasteiger charge is 2.24. The second kappa shape index (κ2) is 8.65. The lowest BCUT2D eigenvalue weighted by Gasteiger charge is -2.25. The van der Waals surface area contributed by atoms with Gasteiger partial charge in [-0.3, -0.25) is 4.79 Å². The number of benzene rings is 1. The number of fused-ring (bicyclic) bond motifs is 1. The molecule has 0 radical (unpaired) electrons. The van der Waals surface area contributed by atoms with Gasteiger partial charge in [0.05, 0.1) is 5.69 Å². The van der Waals surface area contributed by atoms with Crippen molar-refractivity contribution >= 4 is 11.6 Å². The Labute approximate surface area is 155 Å². The molecule has 0 aliphatic heterocycles. The third kappa shape index (κ3) is 3.96. The Balaban J connectivity index is 1.96. The van der Waals surface area contributed by atoms with E-state index in [-0.39, 0.29) is 11.8 Å². The molecule has 0 aliphatic carbocycles. The summed E-state index contributed by atoms with van der Waals surface area (Å²) < 4.78 is 2.09. The number of hydrogen-bond acceptors (Lipinski definition) is 2. The zero-order valence-corrected chi connectivity index (χ0v) is 15.6. The molecule has 0 saturated heterocycles. The van der Waals surface area contributed by atoms with Crippen LogP contribution < -0.4 is 0 Å². The van der Waals surface area contributed by atoms with E-state index in [1.165, 1.54) is 0 Å². The summed E-state index contributed by atoms with van der Waals surface area (Å²) in [6, 6.07) is 16.3. The Morgan fingerprint density at radius 1 is 1.04 bits per heavy atom. The van der Waals surface area contributed by atoms with Crippen molar-refractivity contribution in [2.45, 2.75) is 39.0 Å². The van der Waals surface area contributed by atoms with Gasteiger partial charge in [0, 0.05) is 37.8 Å². The molecule has 1 aromatic carbocycles. The first-order valence-electron chi connectivity index (χ1n) is 9.49. The zero-order chi connectivity index (χ0) is 18.4. The number of carbonyl (C=O) groups excluding carboxylic acids is 1. The number of hydrogen-bond donors (Lipinski definition) is 0. The van der Waals surface area contributed by atoms with E-state index >= 15 is 0 Å². The molecule has 0 saturated carbocycles. The highest BCUT2D eigenvalue weighted by Crippen LogP contribution is 2.29. The second-order valence-electron chi connectivity index (χ2n) is 6.66. The number of amides is 1. The van der Waals surface area contributed by atoms with Gasteiger partial charge in [-0.1, -0.05) is 50.2 Å². The summed E-state index contributed by atoms with van der Waals surface area (Å²) in [5, 5.41) is 0. The fraction of sp³-hybridized carbons (Fsp3) is 0.364. The summed E-state index contributed by atoms with van der Waals surface area (Å²) in [5.74, 6) is 0.214. The van der Waals surface area contributed by atoms with Crippen LogP contribution >= 0.6 is 0 Å². The minimum absolute atomic E-state index is 0.00249. The van der Waals surface area contributed by atoms with Gasteiger partial charge < -0.3 is 9.30 Å². The SMILES string of the molecule is CCCN(CCC)C(=O)CC(c1ccccc1)c1cnc2ccccn12. The van der Waals surface area contributed by atoms with Crippen LogP contribution in [-0.4, -0.2) is 33.3 Å². The van der Waals surface area contributed by atoms with Crippen molar-refractivity contribution in [1.82, 2.24) is 14.3 Å². The highest BCUT2D eigenvalue weighted by atomic mass is 16.2. The van der Waals surface area contributed by atoms with Gasteiger partial charge in [-0.2, -0.15) is 0 Å². The Bertz CT molecular complexity index is 835. The molecule has 4 nitrogen and oxygen atoms in total. The van der Waals surface area contributed by atoms with Crippen molar-refractivity contribution in [2.24, 2.45) is 0 Å². The van der Waals surface area contributed by atoms with Crippen molar-refractivity contribution in [1.29, 1.82) is 0 Å². The van der Waals surface area contributed by atoms with Gasteiger partial charge in [-0.25, -0.2) is 4.98 Å². The molecule has 0 N–H and O–H groups in total. The Morgan fingerprint density at radius 3 is 2.42 bits per heavy atom. The molecule has 1 atom stereocenters. The van der Waals surface area contributed by atoms with Crippen molar-refractivity contribution in [3.05, 3.63) is 72.2 Å². The van der Waals surface area contributed by atoms with E-state index in [0.717, 1.165) is 42.8 Å². The van der Waals surface area contributed by atoms with Crippen molar-refractivity contribution < 1.29 is 4.79 Å². The van der Waals surface area contributed by atoms with Crippen LogP contribution in [0.15, 0.2) is 60.9 Å². The van der Waals surface area contributed by atoms with E-state index in [2.05, 4.69) is 35.4 Å². The van der Waals surface area contributed by atoms with Crippen LogP contribution in [0.5, 0.6) is 0 Å². The molecule has 2 heterocycles. The Morgan fingerprint density at radius 2 is 1.73 bits per heavy atom. The Kier molecular flexibility index (Phi) is 6.05. The molecule has 0 fully saturated rings. The molecule has 4 heteroatoms. The number of nitrogens with zero attached hydrogens (tertiary/aromatic N) is 3. The van der Waals surface area contributed by atoms with Gasteiger partial charge in [0.15, 0.2) is 0 Å². The summed E-state index contributed by atoms with van der Waals surface area (Å²) in [5.41, 5.74) is 3.13. The van der Waals surface area contributed by atoms with E-state index in [1.807, 2.05) is 53.7 Å². The van der Waals surface area contributed by atoms with Crippen LogP contribution in [0.3, 0.4) is 0 Å². The maximum atomic E-state index is 13.0. The van der Waals surface area contributed by atoms with Crippen LogP contribution in [0.4, 0.5) is 0 Å². The lowest BCUT2D eigenvalue weighted by molar-refractivity contribution is -0.131. The average molecular weight is 349 g/mol. The van der Waals surface area contributed by atoms with E-state index in [1.54, 1.807) is 0 Å². The van der Waals surface area contributed by atoms with E-state index in [9.17, 15) is 4.79 Å². The van der Waals surface area contributed by atoms with Gasteiger partial charge >= 0.3 is 0 Å². The second-order valence-corrected chi connectivity index (χ2v) is 6.66. The number of rotatable bonds is 8. The normalized spacial score (nSPS) is 12.2. The smallest absolute Gasteiger partial charge is 0.223 e. The molecular weight excluding hydrogens is 322 g/mol. The van der Waals surface area contributed by atoms with Crippen molar-refractivity contribution in [3.63, 3.8) is 0 Å². The van der Waals surface area contributed by atoms with Gasteiger partial charge in [-0.05, 0) is 30.5 Å². The molecule has 0 aliphatic rings. The van der Waals surface area contributed by atoms with Gasteiger partial charge in [-0.15, -0.1) is 0 Å². The van der Waals surface area contributed by atoms with Crippen LogP contribution in [0.1, 0.15) is 50.3 Å². The molecule has 0 bridgehead atoms. The molecule has 136 valence electrons. The largest absolute Gasteiger partial charge is 0.343 e. The summed E-state index contributed by atoms with van der Waals surface area (Å²) in [4.78, 5) is 19.6. The first kappa shape index (κ1) is 18.2. The summed E-state index contributed by atoms with van der Waals surface area (Å²) in [6.45, 7) is 5.88. The maximum Gasteiger partial charge on any atom is 0.223 e. The topological polar surface area (TPSA) is 37.6 Å². The van der Waals surface area contributed by atoms with E-state index in [4.69, 9.17) is 0 Å². The number of pyridine rings is 1. The van der Waals surface area contributed by atoms with E-state index in [0.29, 0.717) is 6.42 Å². The predicted molar refractivity (Wildman–Crippen MR) is 105 cm³/mol. The van der Waals surface area contributed by atoms with Gasteiger partial charge in [0.2, 0.25) is 5.91 Å². The minimum Gasteiger partial charge on any atom is -0.343 e. The molecular formula is C22H27N3O. The lowest BCUT2D eigenvalue weighted by Crippen LogP contribution is -2.33. The van der Waals surface area contributed by atoms with Crippen LogP contribution in [0, 0.1) is 0 Å². The molecule has 0 spiro atoms. The van der Waals surface area contributed by atoms with Crippen molar-refractivity contribution in [3.8, 4) is 0 Å². The number of imidazole rings is 1. The summed E-state index contributed by atoms with van der Waals surface area (Å²) in [7, 11) is 0. The van der Waals surface area contributed by atoms with Crippen LogP contribution in [0.2, 0.25) is 0 Å². The van der Waals surface area contributed by atoms with Crippen molar-refractivity contribution in [2.75, 3.05) is 13.1 Å². The predicted octanol–water partition coefficient (Wildman–Crippen LogP) is 4.50. The number of carbonyl (C=O) groups is 1. The van der Waals surface area contributed by atoms with E-state index < -0.39 is 0 Å². The highest BCUT2D eigenvalue weighted by molar-refractivity contribution is 5.77. The fourth-order valence-electron chi connectivity index (χ4n) is 3.49. The third-order valence-corrected chi connectivity index (χ3v) is 4.72. The standard InChI is InChI=1S/C22H27N3O/c1-3-13-24(14-4-2)22(26)16-19(18-10-6-5-7-11-18)20-17-23-21-12-8-9-15-25(20)21/h5-12,15,17,19H,3-4,13-14,16H2,1-2H3. The monoisotopic (exact) mass is 349 g/mol. The fourth-order valence-corrected chi connectivity index (χ4v) is 3.49. The maximum absolute atomic E-state index is 13.0. The molecule has 1 amide bonds. The van der Waals surface area contributed by atoms with Crippen LogP contribution in [-0.2, 0) is 4.79 Å². The lowest BCUT2D eigenvalue weighted by atomic mass is 9.92. The quantitative estimate of drug-likeness (QED) is 0.600. The first-order chi connectivity index (χ1) is 12.7. The third-order valence-electron chi connectivity index (χ3n) is 4.72. The Hall–Kier alpha value is -2.62. The van der Waals surface area contributed by atoms with Gasteiger partial charge in [0.1, 0.15) is 5.65 Å². The number of aromatic nitrogens is 2. The molecule has 3 rings (SSSR count).